The van der Waals surface area contributed by atoms with Crippen molar-refractivity contribution in [1.29, 1.82) is 0 Å². The van der Waals surface area contributed by atoms with E-state index in [1.165, 1.54) is 22.3 Å². The Balaban J connectivity index is 2.25. The van der Waals surface area contributed by atoms with Gasteiger partial charge in [0.15, 0.2) is 0 Å². The molecular weight excluding hydrogens is 200 g/mol. The zero-order valence-electron chi connectivity index (χ0n) is 10.1. The van der Waals surface area contributed by atoms with Gasteiger partial charge in [-0.1, -0.05) is 0 Å². The third-order valence-corrected chi connectivity index (χ3v) is 3.81. The summed E-state index contributed by atoms with van der Waals surface area (Å²) in [6, 6.07) is 0. The van der Waals surface area contributed by atoms with Gasteiger partial charge in [-0.15, -0.1) is 0 Å². The van der Waals surface area contributed by atoms with Gasteiger partial charge in [0.25, 0.3) is 0 Å². The molecule has 0 saturated heterocycles. The zero-order valence-corrected chi connectivity index (χ0v) is 10.1. The van der Waals surface area contributed by atoms with Gasteiger partial charge in [0.05, 0.1) is 13.2 Å². The van der Waals surface area contributed by atoms with Gasteiger partial charge in [-0.2, -0.15) is 0 Å². The lowest BCUT2D eigenvalue weighted by molar-refractivity contribution is 0.257. The molecule has 0 unspecified atom stereocenters. The molecule has 0 radical (unpaired) electrons. The van der Waals surface area contributed by atoms with Crippen molar-refractivity contribution in [2.24, 2.45) is 0 Å². The first kappa shape index (κ1) is 10.0. The minimum atomic E-state index is 0.853. The smallest absolute Gasteiger partial charge is 0.129 e. The van der Waals surface area contributed by atoms with Crippen LogP contribution < -0.4 is 9.47 Å². The van der Waals surface area contributed by atoms with Crippen molar-refractivity contribution in [3.63, 3.8) is 0 Å². The first-order valence-electron chi connectivity index (χ1n) is 6.19. The highest BCUT2D eigenvalue weighted by atomic mass is 16.5. The molecule has 0 aliphatic carbocycles. The second-order valence-corrected chi connectivity index (χ2v) is 4.77. The molecule has 2 heterocycles. The van der Waals surface area contributed by atoms with E-state index in [4.69, 9.17) is 9.47 Å². The fraction of sp³-hybridized carbons (Fsp3) is 0.571. The maximum atomic E-state index is 5.88. The van der Waals surface area contributed by atoms with Crippen LogP contribution in [0.4, 0.5) is 0 Å². The minimum absolute atomic E-state index is 0.853. The molecule has 2 nitrogen and oxygen atoms in total. The standard InChI is InChI=1S/C14H18O2/c1-9-10(2)13-12(6-4-7-15-13)14-11(9)5-3-8-16-14/h3-8H2,1-2H3. The Labute approximate surface area is 96.6 Å². The normalized spacial score (nSPS) is 18.1. The summed E-state index contributed by atoms with van der Waals surface area (Å²) in [5.41, 5.74) is 5.44. The largest absolute Gasteiger partial charge is 0.493 e. The van der Waals surface area contributed by atoms with E-state index in [0.29, 0.717) is 0 Å². The predicted molar refractivity (Wildman–Crippen MR) is 63.5 cm³/mol. The summed E-state index contributed by atoms with van der Waals surface area (Å²) in [5.74, 6) is 2.24. The van der Waals surface area contributed by atoms with Crippen molar-refractivity contribution in [1.82, 2.24) is 0 Å². The fourth-order valence-corrected chi connectivity index (χ4v) is 2.82. The monoisotopic (exact) mass is 218 g/mol. The summed E-state index contributed by atoms with van der Waals surface area (Å²) >= 11 is 0. The molecule has 16 heavy (non-hydrogen) atoms. The second-order valence-electron chi connectivity index (χ2n) is 4.77. The van der Waals surface area contributed by atoms with Crippen LogP contribution in [0.2, 0.25) is 0 Å². The molecule has 0 saturated carbocycles. The van der Waals surface area contributed by atoms with E-state index in [-0.39, 0.29) is 0 Å². The molecule has 1 aromatic carbocycles. The maximum absolute atomic E-state index is 5.88. The average molecular weight is 218 g/mol. The van der Waals surface area contributed by atoms with Crippen molar-refractivity contribution >= 4 is 0 Å². The second kappa shape index (κ2) is 3.69. The van der Waals surface area contributed by atoms with E-state index in [1.807, 2.05) is 0 Å². The van der Waals surface area contributed by atoms with E-state index in [1.54, 1.807) is 0 Å². The summed E-state index contributed by atoms with van der Waals surface area (Å²) in [4.78, 5) is 0. The number of benzene rings is 1. The molecule has 0 fully saturated rings. The van der Waals surface area contributed by atoms with Crippen molar-refractivity contribution in [2.75, 3.05) is 13.2 Å². The molecule has 86 valence electrons. The number of hydrogen-bond donors (Lipinski definition) is 0. The summed E-state index contributed by atoms with van der Waals surface area (Å²) < 4.78 is 11.7. The van der Waals surface area contributed by atoms with Gasteiger partial charge in [-0.05, 0) is 56.2 Å². The van der Waals surface area contributed by atoms with Crippen molar-refractivity contribution in [3.05, 3.63) is 22.3 Å². The lowest BCUT2D eigenvalue weighted by atomic mass is 9.90. The predicted octanol–water partition coefficient (Wildman–Crippen LogP) is 2.95. The summed E-state index contributed by atoms with van der Waals surface area (Å²) in [6.45, 7) is 6.09. The van der Waals surface area contributed by atoms with Crippen LogP contribution in [0.5, 0.6) is 11.5 Å². The van der Waals surface area contributed by atoms with Crippen LogP contribution in [0.3, 0.4) is 0 Å². The lowest BCUT2D eigenvalue weighted by Crippen LogP contribution is -2.18. The van der Waals surface area contributed by atoms with Gasteiger partial charge in [0.1, 0.15) is 11.5 Å². The molecule has 2 aliphatic rings. The quantitative estimate of drug-likeness (QED) is 0.666. The van der Waals surface area contributed by atoms with Crippen LogP contribution in [0.15, 0.2) is 0 Å². The number of hydrogen-bond acceptors (Lipinski definition) is 2. The van der Waals surface area contributed by atoms with Crippen LogP contribution in [0.1, 0.15) is 35.1 Å². The molecule has 2 heteroatoms. The number of rotatable bonds is 0. The van der Waals surface area contributed by atoms with Gasteiger partial charge in [-0.3, -0.25) is 0 Å². The molecule has 0 spiro atoms. The maximum Gasteiger partial charge on any atom is 0.129 e. The molecule has 0 amide bonds. The molecular formula is C14H18O2. The third kappa shape index (κ3) is 1.32. The van der Waals surface area contributed by atoms with E-state index in [0.717, 1.165) is 50.4 Å². The van der Waals surface area contributed by atoms with Gasteiger partial charge >= 0.3 is 0 Å². The van der Waals surface area contributed by atoms with Crippen molar-refractivity contribution in [2.45, 2.75) is 39.5 Å². The molecule has 0 bridgehead atoms. The molecule has 0 N–H and O–H groups in total. The Morgan fingerprint density at radius 1 is 0.750 bits per heavy atom. The van der Waals surface area contributed by atoms with Gasteiger partial charge in [-0.25, -0.2) is 0 Å². The zero-order chi connectivity index (χ0) is 11.1. The van der Waals surface area contributed by atoms with Gasteiger partial charge in [0, 0.05) is 5.56 Å². The van der Waals surface area contributed by atoms with E-state index in [9.17, 15) is 0 Å². The Hall–Kier alpha value is -1.18. The Morgan fingerprint density at radius 2 is 1.38 bits per heavy atom. The summed E-state index contributed by atoms with van der Waals surface area (Å²) in [6.07, 6.45) is 4.53. The van der Waals surface area contributed by atoms with Crippen LogP contribution >= 0.6 is 0 Å². The SMILES string of the molecule is Cc1c(C)c2c(c3c1CCCO3)CCCO2. The van der Waals surface area contributed by atoms with Gasteiger partial charge in [0.2, 0.25) is 0 Å². The first-order chi connectivity index (χ1) is 7.79. The third-order valence-electron chi connectivity index (χ3n) is 3.81. The molecule has 1 aromatic rings. The molecule has 0 atom stereocenters. The van der Waals surface area contributed by atoms with E-state index in [2.05, 4.69) is 13.8 Å². The van der Waals surface area contributed by atoms with Crippen molar-refractivity contribution in [3.8, 4) is 11.5 Å². The van der Waals surface area contributed by atoms with Crippen LogP contribution in [-0.4, -0.2) is 13.2 Å². The van der Waals surface area contributed by atoms with Crippen LogP contribution in [-0.2, 0) is 12.8 Å². The number of fused-ring (bicyclic) bond motifs is 3. The van der Waals surface area contributed by atoms with Crippen LogP contribution in [0.25, 0.3) is 0 Å². The molecule has 0 aromatic heterocycles. The number of ether oxygens (including phenoxy) is 2. The Bertz CT molecular complexity index is 394. The highest BCUT2D eigenvalue weighted by Gasteiger charge is 2.25. The topological polar surface area (TPSA) is 18.5 Å². The summed E-state index contributed by atoms with van der Waals surface area (Å²) in [5, 5.41) is 0. The Morgan fingerprint density at radius 3 is 2.12 bits per heavy atom. The Kier molecular flexibility index (Phi) is 2.31. The minimum Gasteiger partial charge on any atom is -0.493 e. The van der Waals surface area contributed by atoms with E-state index < -0.39 is 0 Å². The highest BCUT2D eigenvalue weighted by molar-refractivity contribution is 5.59. The molecule has 3 rings (SSSR count). The van der Waals surface area contributed by atoms with Crippen LogP contribution in [0, 0.1) is 13.8 Å². The van der Waals surface area contributed by atoms with Gasteiger partial charge < -0.3 is 9.47 Å². The summed E-state index contributed by atoms with van der Waals surface area (Å²) in [7, 11) is 0. The highest BCUT2D eigenvalue weighted by Crippen LogP contribution is 2.43. The first-order valence-corrected chi connectivity index (χ1v) is 6.19. The molecule has 2 aliphatic heterocycles. The van der Waals surface area contributed by atoms with E-state index >= 15 is 0 Å². The average Bonchev–Trinajstić information content (AvgIpc) is 2.36. The van der Waals surface area contributed by atoms with Crippen molar-refractivity contribution < 1.29 is 9.47 Å². The fourth-order valence-electron chi connectivity index (χ4n) is 2.82. The lowest BCUT2D eigenvalue weighted by Gasteiger charge is -2.29.